The number of rotatable bonds is 3. The van der Waals surface area contributed by atoms with Crippen molar-refractivity contribution in [2.75, 3.05) is 14.2 Å². The van der Waals surface area contributed by atoms with Crippen LogP contribution in [0.3, 0.4) is 0 Å². The fraction of sp³-hybridized carbons (Fsp3) is 0.125. The summed E-state index contributed by atoms with van der Waals surface area (Å²) in [6, 6.07) is 13.8. The Hall–Kier alpha value is -2.49. The second-order valence-corrected chi connectivity index (χ2v) is 5.46. The first-order valence-corrected chi connectivity index (χ1v) is 8.16. The number of halogens is 1. The third kappa shape index (κ3) is 5.24. The van der Waals surface area contributed by atoms with E-state index in [0.717, 1.165) is 22.7 Å². The van der Waals surface area contributed by atoms with Gasteiger partial charge in [-0.15, -0.1) is 10.2 Å². The Labute approximate surface area is 145 Å². The standard InChI is InChI=1S/C16H15N2O2.ClHO4/c1-19-14-7-6-12(11-15(14)20-2)13-8-9-17-16-5-3-4-10-18(13)16;2-1(3,4)5/h3-11H,1-2H3;(H,2,3,4,5)/q+1;/p-1. The zero-order chi connectivity index (χ0) is 18.4. The van der Waals surface area contributed by atoms with Crippen molar-refractivity contribution in [1.29, 1.82) is 0 Å². The van der Waals surface area contributed by atoms with Gasteiger partial charge >= 0.3 is 5.65 Å². The molecule has 0 aliphatic heterocycles. The molecule has 0 N–H and O–H groups in total. The van der Waals surface area contributed by atoms with Gasteiger partial charge in [0.1, 0.15) is 11.9 Å². The molecule has 0 saturated heterocycles. The monoisotopic (exact) mass is 366 g/mol. The summed E-state index contributed by atoms with van der Waals surface area (Å²) in [4.78, 5) is 4.35. The van der Waals surface area contributed by atoms with Gasteiger partial charge in [-0.05, 0) is 29.2 Å². The third-order valence-corrected chi connectivity index (χ3v) is 3.22. The van der Waals surface area contributed by atoms with E-state index in [9.17, 15) is 0 Å². The second kappa shape index (κ2) is 8.06. The first-order valence-electron chi connectivity index (χ1n) is 6.93. The second-order valence-electron chi connectivity index (χ2n) is 4.71. The number of aromatic nitrogens is 2. The summed E-state index contributed by atoms with van der Waals surface area (Å²) in [6.45, 7) is 0. The molecule has 0 saturated carbocycles. The minimum absolute atomic E-state index is 0.714. The van der Waals surface area contributed by atoms with Crippen LogP contribution in [0.1, 0.15) is 0 Å². The Morgan fingerprint density at radius 1 is 0.920 bits per heavy atom. The van der Waals surface area contributed by atoms with Gasteiger partial charge in [-0.25, -0.2) is 18.6 Å². The van der Waals surface area contributed by atoms with E-state index in [1.807, 2.05) is 53.1 Å². The van der Waals surface area contributed by atoms with Crippen molar-refractivity contribution in [1.82, 2.24) is 4.98 Å². The minimum atomic E-state index is -4.94. The molecule has 1 aromatic carbocycles. The number of fused-ring (bicyclic) bond motifs is 1. The molecule has 9 heteroatoms. The fourth-order valence-electron chi connectivity index (χ4n) is 2.24. The van der Waals surface area contributed by atoms with Gasteiger partial charge < -0.3 is 9.47 Å². The average Bonchev–Trinajstić information content (AvgIpc) is 2.59. The lowest BCUT2D eigenvalue weighted by Crippen LogP contribution is -2.68. The number of pyridine rings is 1. The molecule has 0 amide bonds. The Balaban J connectivity index is 0.000000399. The molecule has 0 bridgehead atoms. The SMILES string of the molecule is COc1ccc(-c2ccnc3cccc[n+]23)cc1OC.[O-][Cl+3]([O-])([O-])[O-]. The van der Waals surface area contributed by atoms with E-state index in [4.69, 9.17) is 28.1 Å². The zero-order valence-electron chi connectivity index (χ0n) is 13.4. The molecule has 0 spiro atoms. The van der Waals surface area contributed by atoms with Crippen LogP contribution < -0.4 is 32.5 Å². The number of hydrogen-bond donors (Lipinski definition) is 0. The Bertz CT molecular complexity index is 842. The van der Waals surface area contributed by atoms with Crippen LogP contribution in [0.25, 0.3) is 16.9 Å². The maximum absolute atomic E-state index is 8.49. The van der Waals surface area contributed by atoms with E-state index in [0.29, 0.717) is 5.75 Å². The first kappa shape index (κ1) is 18.8. The number of hydrogen-bond acceptors (Lipinski definition) is 7. The molecule has 3 rings (SSSR count). The Morgan fingerprint density at radius 3 is 2.24 bits per heavy atom. The smallest absolute Gasteiger partial charge is 0.327 e. The summed E-state index contributed by atoms with van der Waals surface area (Å²) in [5.41, 5.74) is 3.00. The summed E-state index contributed by atoms with van der Waals surface area (Å²) in [7, 11) is -1.67. The minimum Gasteiger partial charge on any atom is -0.493 e. The maximum Gasteiger partial charge on any atom is 0.327 e. The van der Waals surface area contributed by atoms with Crippen molar-refractivity contribution in [3.05, 3.63) is 54.9 Å². The number of ether oxygens (including phenoxy) is 2. The van der Waals surface area contributed by atoms with E-state index >= 15 is 0 Å². The fourth-order valence-corrected chi connectivity index (χ4v) is 2.24. The number of benzene rings is 1. The normalized spacial score (nSPS) is 10.8. The lowest BCUT2D eigenvalue weighted by atomic mass is 10.1. The summed E-state index contributed by atoms with van der Waals surface area (Å²) >= 11 is 0. The Morgan fingerprint density at radius 2 is 1.60 bits per heavy atom. The highest BCUT2D eigenvalue weighted by atomic mass is 35.7. The van der Waals surface area contributed by atoms with Gasteiger partial charge in [0.05, 0.1) is 20.4 Å². The van der Waals surface area contributed by atoms with Gasteiger partial charge in [0.25, 0.3) is 0 Å². The van der Waals surface area contributed by atoms with Gasteiger partial charge in [-0.1, -0.05) is 6.07 Å². The van der Waals surface area contributed by atoms with Crippen LogP contribution in [0.15, 0.2) is 54.9 Å². The molecule has 0 fully saturated rings. The molecule has 2 heterocycles. The lowest BCUT2D eigenvalue weighted by molar-refractivity contribution is -2.00. The predicted molar refractivity (Wildman–Crippen MR) is 75.9 cm³/mol. The summed E-state index contributed by atoms with van der Waals surface area (Å²) in [6.07, 6.45) is 3.80. The zero-order valence-corrected chi connectivity index (χ0v) is 14.2. The third-order valence-electron chi connectivity index (χ3n) is 3.22. The molecule has 2 aromatic heterocycles. The van der Waals surface area contributed by atoms with Gasteiger partial charge in [-0.2, -0.15) is 4.40 Å². The molecule has 0 radical (unpaired) electrons. The summed E-state index contributed by atoms with van der Waals surface area (Å²) in [5.74, 6) is 1.44. The van der Waals surface area contributed by atoms with Gasteiger partial charge in [0, 0.05) is 17.7 Å². The average molecular weight is 367 g/mol. The molecule has 3 aromatic rings. The van der Waals surface area contributed by atoms with Gasteiger partial charge in [0.15, 0.2) is 11.5 Å². The van der Waals surface area contributed by atoms with Crippen molar-refractivity contribution < 1.29 is 42.8 Å². The van der Waals surface area contributed by atoms with Crippen LogP contribution in [-0.2, 0) is 0 Å². The van der Waals surface area contributed by atoms with Crippen LogP contribution in [0, 0.1) is 10.2 Å². The van der Waals surface area contributed by atoms with Crippen molar-refractivity contribution in [2.45, 2.75) is 0 Å². The molecule has 132 valence electrons. The van der Waals surface area contributed by atoms with Crippen molar-refractivity contribution >= 4 is 5.65 Å². The molecule has 0 unspecified atom stereocenters. The molecule has 25 heavy (non-hydrogen) atoms. The maximum atomic E-state index is 8.49. The lowest BCUT2D eigenvalue weighted by Gasteiger charge is -2.17. The predicted octanol–water partition coefficient (Wildman–Crippen LogP) is -2.25. The molecule has 0 aliphatic carbocycles. The quantitative estimate of drug-likeness (QED) is 0.479. The van der Waals surface area contributed by atoms with Crippen LogP contribution in [0.5, 0.6) is 11.5 Å². The van der Waals surface area contributed by atoms with E-state index in [1.54, 1.807) is 20.4 Å². The van der Waals surface area contributed by atoms with E-state index < -0.39 is 10.2 Å². The molecule has 8 nitrogen and oxygen atoms in total. The van der Waals surface area contributed by atoms with E-state index in [2.05, 4.69) is 4.98 Å². The van der Waals surface area contributed by atoms with Gasteiger partial charge in [0.2, 0.25) is 0 Å². The largest absolute Gasteiger partial charge is 0.493 e. The number of nitrogens with zero attached hydrogens (tertiary/aromatic N) is 2. The van der Waals surface area contributed by atoms with E-state index in [-0.39, 0.29) is 0 Å². The molecule has 0 atom stereocenters. The van der Waals surface area contributed by atoms with Gasteiger partial charge in [-0.3, -0.25) is 0 Å². The van der Waals surface area contributed by atoms with Crippen LogP contribution >= 0.6 is 0 Å². The molecule has 0 aliphatic rings. The van der Waals surface area contributed by atoms with Crippen molar-refractivity contribution in [3.63, 3.8) is 0 Å². The highest BCUT2D eigenvalue weighted by Crippen LogP contribution is 2.31. The molecular formula is C16H15ClN2O6. The highest BCUT2D eigenvalue weighted by Gasteiger charge is 2.13. The van der Waals surface area contributed by atoms with Crippen LogP contribution in [0.2, 0.25) is 0 Å². The van der Waals surface area contributed by atoms with Crippen LogP contribution in [0.4, 0.5) is 0 Å². The Kier molecular flexibility index (Phi) is 6.07. The molecular weight excluding hydrogens is 352 g/mol. The highest BCUT2D eigenvalue weighted by molar-refractivity contribution is 5.62. The first-order chi connectivity index (χ1) is 11.8. The topological polar surface area (TPSA) is 128 Å². The van der Waals surface area contributed by atoms with Crippen molar-refractivity contribution in [3.8, 4) is 22.8 Å². The number of methoxy groups -OCH3 is 2. The van der Waals surface area contributed by atoms with Crippen molar-refractivity contribution in [2.24, 2.45) is 0 Å². The summed E-state index contributed by atoms with van der Waals surface area (Å²) < 4.78 is 46.6. The van der Waals surface area contributed by atoms with E-state index in [1.165, 1.54) is 0 Å². The van der Waals surface area contributed by atoms with Crippen LogP contribution in [-0.4, -0.2) is 19.2 Å². The summed E-state index contributed by atoms with van der Waals surface area (Å²) in [5, 5.41) is 0.